The molecule has 60 valence electrons. The van der Waals surface area contributed by atoms with Crippen LogP contribution in [0.1, 0.15) is 5.56 Å². The van der Waals surface area contributed by atoms with Gasteiger partial charge in [0, 0.05) is 5.56 Å². The maximum absolute atomic E-state index is 10.1. The van der Waals surface area contributed by atoms with Crippen molar-refractivity contribution in [1.82, 2.24) is 0 Å². The van der Waals surface area contributed by atoms with Crippen molar-refractivity contribution in [2.24, 2.45) is 0 Å². The van der Waals surface area contributed by atoms with E-state index in [2.05, 4.69) is 0 Å². The van der Waals surface area contributed by atoms with E-state index in [0.29, 0.717) is 16.6 Å². The number of quaternary nitrogens is 1. The smallest absolute Gasteiger partial charge is 0.101 e. The summed E-state index contributed by atoms with van der Waals surface area (Å²) < 4.78 is 0. The molecule has 1 aromatic rings. The first-order valence-electron chi connectivity index (χ1n) is 3.11. The molecule has 0 aliphatic heterocycles. The van der Waals surface area contributed by atoms with Crippen molar-refractivity contribution >= 4 is 23.2 Å². The van der Waals surface area contributed by atoms with Crippen molar-refractivity contribution < 1.29 is 5.48 Å². The Bertz CT molecular complexity index is 252. The predicted molar refractivity (Wildman–Crippen MR) is 45.5 cm³/mol. The number of hydrogen-bond acceptors (Lipinski definition) is 1. The minimum absolute atomic E-state index is 0.386. The van der Waals surface area contributed by atoms with Crippen molar-refractivity contribution in [3.63, 3.8) is 0 Å². The molecule has 0 aliphatic rings. The summed E-state index contributed by atoms with van der Waals surface area (Å²) >= 11 is 11.4. The molecule has 0 unspecified atom stereocenters. The molecule has 1 rings (SSSR count). The maximum atomic E-state index is 10.1. The zero-order chi connectivity index (χ0) is 8.27. The van der Waals surface area contributed by atoms with Crippen LogP contribution in [0.4, 0.5) is 0 Å². The highest BCUT2D eigenvalue weighted by Gasteiger charge is 1.98. The maximum Gasteiger partial charge on any atom is 0.101 e. The van der Waals surface area contributed by atoms with Gasteiger partial charge in [0.05, 0.1) is 10.0 Å². The summed E-state index contributed by atoms with van der Waals surface area (Å²) in [6.45, 7) is 0.386. The van der Waals surface area contributed by atoms with E-state index in [1.807, 2.05) is 0 Å². The van der Waals surface area contributed by atoms with E-state index in [4.69, 9.17) is 23.2 Å². The molecule has 0 saturated heterocycles. The molecule has 2 N–H and O–H groups in total. The second-order valence-corrected chi connectivity index (χ2v) is 2.93. The van der Waals surface area contributed by atoms with E-state index in [9.17, 15) is 5.21 Å². The second kappa shape index (κ2) is 3.93. The molecule has 0 spiro atoms. The molecule has 0 fully saturated rings. The fraction of sp³-hybridized carbons (Fsp3) is 0.143. The second-order valence-electron chi connectivity index (χ2n) is 2.12. The number of nitrogens with two attached hydrogens (primary N) is 1. The fourth-order valence-corrected chi connectivity index (χ4v) is 1.08. The van der Waals surface area contributed by atoms with E-state index in [-0.39, 0.29) is 0 Å². The summed E-state index contributed by atoms with van der Waals surface area (Å²) in [6, 6.07) is 5.16. The molecule has 11 heavy (non-hydrogen) atoms. The molecule has 2 nitrogen and oxygen atoms in total. The van der Waals surface area contributed by atoms with Crippen LogP contribution in [0.2, 0.25) is 10.0 Å². The number of rotatable bonds is 2. The van der Waals surface area contributed by atoms with Gasteiger partial charge >= 0.3 is 0 Å². The highest BCUT2D eigenvalue weighted by molar-refractivity contribution is 6.41. The van der Waals surface area contributed by atoms with Gasteiger partial charge in [-0.1, -0.05) is 29.3 Å². The Hall–Kier alpha value is -0.280. The van der Waals surface area contributed by atoms with E-state index >= 15 is 0 Å². The minimum Gasteiger partial charge on any atom is -0.636 e. The van der Waals surface area contributed by atoms with E-state index in [0.717, 1.165) is 11.0 Å². The highest BCUT2D eigenvalue weighted by Crippen LogP contribution is 2.21. The van der Waals surface area contributed by atoms with Gasteiger partial charge in [-0.05, 0) is 12.1 Å². The van der Waals surface area contributed by atoms with E-state index < -0.39 is 0 Å². The van der Waals surface area contributed by atoms with Gasteiger partial charge in [-0.2, -0.15) is 0 Å². The molecule has 4 heteroatoms. The zero-order valence-corrected chi connectivity index (χ0v) is 7.19. The van der Waals surface area contributed by atoms with E-state index in [1.165, 1.54) is 0 Å². The molecule has 1 aromatic carbocycles. The summed E-state index contributed by atoms with van der Waals surface area (Å²) in [7, 11) is 0. The summed E-state index contributed by atoms with van der Waals surface area (Å²) in [5, 5.41) is 11.1. The lowest BCUT2D eigenvalue weighted by Gasteiger charge is -2.02. The van der Waals surface area contributed by atoms with Crippen LogP contribution in [0.3, 0.4) is 0 Å². The number of hydroxylamine groups is 1. The topological polar surface area (TPSA) is 39.7 Å². The van der Waals surface area contributed by atoms with Crippen molar-refractivity contribution in [2.75, 3.05) is 0 Å². The average molecular weight is 192 g/mol. The molecule has 0 bridgehead atoms. The van der Waals surface area contributed by atoms with Crippen LogP contribution in [0.5, 0.6) is 0 Å². The zero-order valence-electron chi connectivity index (χ0n) is 5.68. The minimum atomic E-state index is 0.386. The fourth-order valence-electron chi connectivity index (χ4n) is 0.763. The van der Waals surface area contributed by atoms with Gasteiger partial charge in [-0.3, -0.25) is 0 Å². The first kappa shape index (κ1) is 8.81. The quantitative estimate of drug-likeness (QED) is 0.709. The Morgan fingerprint density at radius 2 is 2.00 bits per heavy atom. The molecule has 0 saturated carbocycles. The predicted octanol–water partition coefficient (Wildman–Crippen LogP) is 1.55. The number of benzene rings is 1. The third-order valence-electron chi connectivity index (χ3n) is 1.30. The molecule has 0 aliphatic carbocycles. The van der Waals surface area contributed by atoms with Crippen LogP contribution >= 0.6 is 23.2 Å². The number of hydrogen-bond donors (Lipinski definition) is 1. The average Bonchev–Trinajstić information content (AvgIpc) is 1.98. The van der Waals surface area contributed by atoms with Crippen LogP contribution in [0, 0.1) is 5.21 Å². The van der Waals surface area contributed by atoms with E-state index in [1.54, 1.807) is 18.2 Å². The third kappa shape index (κ3) is 2.34. The van der Waals surface area contributed by atoms with Crippen LogP contribution in [0.25, 0.3) is 0 Å². The molecule has 0 atom stereocenters. The summed E-state index contributed by atoms with van der Waals surface area (Å²) in [5.74, 6) is 0. The first-order chi connectivity index (χ1) is 5.24. The van der Waals surface area contributed by atoms with Gasteiger partial charge in [0.2, 0.25) is 0 Å². The van der Waals surface area contributed by atoms with Gasteiger partial charge in [0.15, 0.2) is 0 Å². The highest BCUT2D eigenvalue weighted by atomic mass is 35.5. The van der Waals surface area contributed by atoms with Gasteiger partial charge in [-0.25, -0.2) is 0 Å². The number of halogens is 2. The first-order valence-corrected chi connectivity index (χ1v) is 3.87. The normalized spacial score (nSPS) is 10.1. The Morgan fingerprint density at radius 1 is 1.27 bits per heavy atom. The van der Waals surface area contributed by atoms with Crippen LogP contribution in [0.15, 0.2) is 18.2 Å². The van der Waals surface area contributed by atoms with Crippen LogP contribution < -0.4 is 5.48 Å². The molecule has 0 aromatic heterocycles. The van der Waals surface area contributed by atoms with Gasteiger partial charge in [0.25, 0.3) is 0 Å². The van der Waals surface area contributed by atoms with Crippen molar-refractivity contribution in [3.05, 3.63) is 39.0 Å². The van der Waals surface area contributed by atoms with Crippen molar-refractivity contribution in [3.8, 4) is 0 Å². The van der Waals surface area contributed by atoms with Crippen molar-refractivity contribution in [1.29, 1.82) is 0 Å². The van der Waals surface area contributed by atoms with Gasteiger partial charge < -0.3 is 10.7 Å². The van der Waals surface area contributed by atoms with Gasteiger partial charge in [-0.15, -0.1) is 0 Å². The van der Waals surface area contributed by atoms with Crippen molar-refractivity contribution in [2.45, 2.75) is 6.54 Å². The molecule has 0 heterocycles. The summed E-state index contributed by atoms with van der Waals surface area (Å²) in [5.41, 5.74) is 1.72. The Labute approximate surface area is 74.7 Å². The largest absolute Gasteiger partial charge is 0.636 e. The molecular weight excluding hydrogens is 185 g/mol. The van der Waals surface area contributed by atoms with Crippen LogP contribution in [-0.2, 0) is 6.54 Å². The lowest BCUT2D eigenvalue weighted by atomic mass is 10.2. The molecule has 0 radical (unpaired) electrons. The molecular formula is C7H7Cl2NO. The Kier molecular flexibility index (Phi) is 3.15. The van der Waals surface area contributed by atoms with Gasteiger partial charge in [0.1, 0.15) is 6.54 Å². The SMILES string of the molecule is [O-][NH2+]Cc1ccc(Cl)c(Cl)c1. The lowest BCUT2D eigenvalue weighted by Crippen LogP contribution is -2.75. The summed E-state index contributed by atoms with van der Waals surface area (Å²) in [4.78, 5) is 0. The monoisotopic (exact) mass is 191 g/mol. The lowest BCUT2D eigenvalue weighted by molar-refractivity contribution is -0.605. The Morgan fingerprint density at radius 3 is 2.55 bits per heavy atom. The standard InChI is InChI=1S/C7H7Cl2NO/c8-6-2-1-5(4-10-11)3-7(6)9/h1-3H,4,10H2. The summed E-state index contributed by atoms with van der Waals surface area (Å²) in [6.07, 6.45) is 0. The Balaban J connectivity index is 2.86. The van der Waals surface area contributed by atoms with Crippen LogP contribution in [-0.4, -0.2) is 0 Å². The molecule has 0 amide bonds. The third-order valence-corrected chi connectivity index (χ3v) is 2.04.